The Morgan fingerprint density at radius 2 is 1.61 bits per heavy atom. The van der Waals surface area contributed by atoms with Crippen molar-refractivity contribution < 1.29 is 23.4 Å². The number of anilines is 1. The van der Waals surface area contributed by atoms with Crippen molar-refractivity contribution in [2.24, 2.45) is 0 Å². The van der Waals surface area contributed by atoms with Crippen molar-refractivity contribution in [3.63, 3.8) is 0 Å². The minimum absolute atomic E-state index is 0.194. The van der Waals surface area contributed by atoms with Crippen LogP contribution in [0.25, 0.3) is 11.3 Å². The summed E-state index contributed by atoms with van der Waals surface area (Å²) in [6.45, 7) is 0. The van der Waals surface area contributed by atoms with E-state index in [1.165, 1.54) is 7.11 Å². The molecule has 0 saturated carbocycles. The highest BCUT2D eigenvalue weighted by molar-refractivity contribution is 9.10. The summed E-state index contributed by atoms with van der Waals surface area (Å²) in [5, 5.41) is 0. The van der Waals surface area contributed by atoms with Crippen molar-refractivity contribution in [3.8, 4) is 22.8 Å². The number of nitrogen functional groups attached to an aromatic ring is 1. The molecule has 2 aromatic carbocycles. The average Bonchev–Trinajstić information content (AvgIpc) is 3.20. The second-order valence-electron chi connectivity index (χ2n) is 6.01. The number of hydrogen-bond acceptors (Lipinski definition) is 6. The van der Waals surface area contributed by atoms with E-state index in [2.05, 4.69) is 15.9 Å². The molecule has 146 valence electrons. The van der Waals surface area contributed by atoms with Gasteiger partial charge in [-0.2, -0.15) is 0 Å². The number of carbonyl (C=O) groups is 1. The van der Waals surface area contributed by atoms with E-state index in [9.17, 15) is 4.79 Å². The van der Waals surface area contributed by atoms with Crippen LogP contribution < -0.4 is 15.2 Å². The van der Waals surface area contributed by atoms with Crippen LogP contribution in [-0.4, -0.2) is 27.1 Å². The number of ether oxygens (including phenoxy) is 3. The van der Waals surface area contributed by atoms with Gasteiger partial charge in [-0.25, -0.2) is 0 Å². The highest BCUT2D eigenvalue weighted by atomic mass is 79.9. The molecule has 6 nitrogen and oxygen atoms in total. The number of furan rings is 1. The summed E-state index contributed by atoms with van der Waals surface area (Å²) in [5.41, 5.74) is 7.75. The van der Waals surface area contributed by atoms with Crippen molar-refractivity contribution in [1.82, 2.24) is 0 Å². The standard InChI is InChI=1S/C21H20BrNO5/c1-25-17-10-13(11-18(26-2)19(17)22)15-8-9-16(28-15)20(24)21(27-3)12-4-6-14(23)7-5-12/h4-11,21H,23H2,1-3H3. The SMILES string of the molecule is COc1cc(-c2ccc(C(=O)C(OC)c3ccc(N)cc3)o2)cc(OC)c1Br. The Morgan fingerprint density at radius 1 is 1.00 bits per heavy atom. The summed E-state index contributed by atoms with van der Waals surface area (Å²) in [4.78, 5) is 12.9. The van der Waals surface area contributed by atoms with E-state index in [0.717, 1.165) is 5.56 Å². The van der Waals surface area contributed by atoms with Crippen LogP contribution in [0.3, 0.4) is 0 Å². The zero-order valence-electron chi connectivity index (χ0n) is 15.7. The third kappa shape index (κ3) is 3.90. The molecule has 0 bridgehead atoms. The first-order valence-corrected chi connectivity index (χ1v) is 9.22. The van der Waals surface area contributed by atoms with Gasteiger partial charge in [-0.1, -0.05) is 12.1 Å². The van der Waals surface area contributed by atoms with Gasteiger partial charge in [0.05, 0.1) is 14.2 Å². The van der Waals surface area contributed by atoms with Crippen molar-refractivity contribution in [3.05, 3.63) is 64.3 Å². The molecule has 0 aliphatic heterocycles. The molecule has 0 aliphatic rings. The van der Waals surface area contributed by atoms with E-state index in [-0.39, 0.29) is 11.5 Å². The molecule has 3 rings (SSSR count). The molecule has 0 spiro atoms. The number of nitrogens with two attached hydrogens (primary N) is 1. The fourth-order valence-corrected chi connectivity index (χ4v) is 3.38. The largest absolute Gasteiger partial charge is 0.495 e. The van der Waals surface area contributed by atoms with Gasteiger partial charge in [-0.15, -0.1) is 0 Å². The lowest BCUT2D eigenvalue weighted by atomic mass is 10.0. The molecule has 28 heavy (non-hydrogen) atoms. The normalized spacial score (nSPS) is 11.9. The van der Waals surface area contributed by atoms with Gasteiger partial charge in [-0.05, 0) is 57.9 Å². The summed E-state index contributed by atoms with van der Waals surface area (Å²) in [6.07, 6.45) is -0.784. The number of methoxy groups -OCH3 is 3. The van der Waals surface area contributed by atoms with E-state index in [1.54, 1.807) is 62.8 Å². The minimum atomic E-state index is -0.784. The van der Waals surface area contributed by atoms with Crippen LogP contribution in [0.1, 0.15) is 22.2 Å². The molecule has 1 heterocycles. The molecule has 2 N–H and O–H groups in total. The van der Waals surface area contributed by atoms with Crippen LogP contribution >= 0.6 is 15.9 Å². The minimum Gasteiger partial charge on any atom is -0.495 e. The van der Waals surface area contributed by atoms with Crippen LogP contribution in [0, 0.1) is 0 Å². The Labute approximate surface area is 171 Å². The monoisotopic (exact) mass is 445 g/mol. The number of Topliss-reactive ketones (excluding diaryl/α,β-unsaturated/α-hetero) is 1. The van der Waals surface area contributed by atoms with Crippen LogP contribution in [0.5, 0.6) is 11.5 Å². The van der Waals surface area contributed by atoms with Gasteiger partial charge in [0, 0.05) is 18.4 Å². The molecule has 7 heteroatoms. The zero-order valence-corrected chi connectivity index (χ0v) is 17.3. The first-order chi connectivity index (χ1) is 13.5. The maximum absolute atomic E-state index is 12.9. The summed E-state index contributed by atoms with van der Waals surface area (Å²) in [6, 6.07) is 13.9. The number of ketones is 1. The van der Waals surface area contributed by atoms with E-state index in [0.29, 0.717) is 33.0 Å². The van der Waals surface area contributed by atoms with Crippen molar-refractivity contribution in [1.29, 1.82) is 0 Å². The maximum Gasteiger partial charge on any atom is 0.231 e. The van der Waals surface area contributed by atoms with E-state index < -0.39 is 6.10 Å². The van der Waals surface area contributed by atoms with E-state index in [4.69, 9.17) is 24.4 Å². The van der Waals surface area contributed by atoms with Gasteiger partial charge in [0.1, 0.15) is 27.8 Å². The summed E-state index contributed by atoms with van der Waals surface area (Å²) < 4.78 is 22.6. The van der Waals surface area contributed by atoms with Crippen molar-refractivity contribution in [2.75, 3.05) is 27.1 Å². The van der Waals surface area contributed by atoms with E-state index in [1.807, 2.05) is 0 Å². The summed E-state index contributed by atoms with van der Waals surface area (Å²) in [5.74, 6) is 1.61. The molecule has 0 radical (unpaired) electrons. The van der Waals surface area contributed by atoms with Crippen LogP contribution in [-0.2, 0) is 4.74 Å². The number of carbonyl (C=O) groups excluding carboxylic acids is 1. The first-order valence-electron chi connectivity index (χ1n) is 8.42. The number of hydrogen-bond donors (Lipinski definition) is 1. The Morgan fingerprint density at radius 3 is 2.14 bits per heavy atom. The van der Waals surface area contributed by atoms with Crippen LogP contribution in [0.15, 0.2) is 57.4 Å². The number of rotatable bonds is 7. The zero-order chi connectivity index (χ0) is 20.3. The van der Waals surface area contributed by atoms with Crippen LogP contribution in [0.2, 0.25) is 0 Å². The van der Waals surface area contributed by atoms with Gasteiger partial charge < -0.3 is 24.4 Å². The molecular formula is C21H20BrNO5. The van der Waals surface area contributed by atoms with Gasteiger partial charge >= 0.3 is 0 Å². The van der Waals surface area contributed by atoms with Crippen LogP contribution in [0.4, 0.5) is 5.69 Å². The lowest BCUT2D eigenvalue weighted by molar-refractivity contribution is 0.0577. The molecule has 1 aromatic heterocycles. The van der Waals surface area contributed by atoms with Crippen molar-refractivity contribution in [2.45, 2.75) is 6.10 Å². The Hall–Kier alpha value is -2.77. The van der Waals surface area contributed by atoms with Gasteiger partial charge in [-0.3, -0.25) is 4.79 Å². The Bertz CT molecular complexity index is 956. The predicted octanol–water partition coefficient (Wildman–Crippen LogP) is 4.88. The van der Waals surface area contributed by atoms with E-state index >= 15 is 0 Å². The fourth-order valence-electron chi connectivity index (χ4n) is 2.83. The lowest BCUT2D eigenvalue weighted by Crippen LogP contribution is -2.14. The second-order valence-corrected chi connectivity index (χ2v) is 6.80. The lowest BCUT2D eigenvalue weighted by Gasteiger charge is -2.13. The molecule has 0 amide bonds. The molecule has 0 fully saturated rings. The molecule has 1 unspecified atom stereocenters. The highest BCUT2D eigenvalue weighted by Crippen LogP contribution is 2.39. The van der Waals surface area contributed by atoms with Gasteiger partial charge in [0.25, 0.3) is 0 Å². The summed E-state index contributed by atoms with van der Waals surface area (Å²) in [7, 11) is 4.61. The van der Waals surface area contributed by atoms with Crippen molar-refractivity contribution >= 4 is 27.4 Å². The molecule has 0 aliphatic carbocycles. The third-order valence-corrected chi connectivity index (χ3v) is 5.07. The third-order valence-electron chi connectivity index (χ3n) is 4.29. The quantitative estimate of drug-likeness (QED) is 0.412. The molecule has 1 atom stereocenters. The first kappa shape index (κ1) is 20.0. The summed E-state index contributed by atoms with van der Waals surface area (Å²) >= 11 is 3.44. The molecular weight excluding hydrogens is 426 g/mol. The average molecular weight is 446 g/mol. The van der Waals surface area contributed by atoms with Gasteiger partial charge in [0.2, 0.25) is 5.78 Å². The predicted molar refractivity (Wildman–Crippen MR) is 110 cm³/mol. The highest BCUT2D eigenvalue weighted by Gasteiger charge is 2.25. The number of benzene rings is 2. The Balaban J connectivity index is 1.93. The molecule has 0 saturated heterocycles. The maximum atomic E-state index is 12.9. The molecule has 3 aromatic rings. The fraction of sp³-hybridized carbons (Fsp3) is 0.190. The Kier molecular flexibility index (Phi) is 6.06. The van der Waals surface area contributed by atoms with Gasteiger partial charge in [0.15, 0.2) is 5.76 Å². The second kappa shape index (κ2) is 8.50. The topological polar surface area (TPSA) is 83.9 Å². The smallest absolute Gasteiger partial charge is 0.231 e. The number of halogens is 1.